The number of aryl methyl sites for hydroxylation is 2. The smallest absolute Gasteiger partial charge is 0.220 e. The van der Waals surface area contributed by atoms with Crippen LogP contribution in [0.25, 0.3) is 0 Å². The Bertz CT molecular complexity index is 638. The highest BCUT2D eigenvalue weighted by Crippen LogP contribution is 2.41. The Hall–Kier alpha value is -2.23. The van der Waals surface area contributed by atoms with Crippen molar-refractivity contribution in [1.29, 1.82) is 0 Å². The van der Waals surface area contributed by atoms with Crippen LogP contribution in [0.2, 0.25) is 0 Å². The molecule has 1 atom stereocenters. The van der Waals surface area contributed by atoms with Gasteiger partial charge in [0.05, 0.1) is 11.7 Å². The number of pyridine rings is 2. The number of hydrogen-bond donors (Lipinski definition) is 1. The van der Waals surface area contributed by atoms with Crippen molar-refractivity contribution in [1.82, 2.24) is 15.3 Å². The Balaban J connectivity index is 1.62. The third-order valence-electron chi connectivity index (χ3n) is 4.14. The summed E-state index contributed by atoms with van der Waals surface area (Å²) in [5.41, 5.74) is 3.30. The topological polar surface area (TPSA) is 54.9 Å². The van der Waals surface area contributed by atoms with Crippen LogP contribution >= 0.6 is 0 Å². The molecule has 0 aliphatic heterocycles. The highest BCUT2D eigenvalue weighted by molar-refractivity contribution is 5.76. The first-order chi connectivity index (χ1) is 10.7. The molecule has 3 rings (SSSR count). The predicted molar refractivity (Wildman–Crippen MR) is 85.1 cm³/mol. The molecule has 114 valence electrons. The molecule has 4 nitrogen and oxygen atoms in total. The Labute approximate surface area is 131 Å². The van der Waals surface area contributed by atoms with Gasteiger partial charge in [-0.25, -0.2) is 0 Å². The van der Waals surface area contributed by atoms with Gasteiger partial charge in [0.15, 0.2) is 0 Å². The molecule has 0 bridgehead atoms. The van der Waals surface area contributed by atoms with Crippen molar-refractivity contribution < 1.29 is 4.79 Å². The van der Waals surface area contributed by atoms with E-state index >= 15 is 0 Å². The molecule has 1 N–H and O–H groups in total. The largest absolute Gasteiger partial charge is 0.347 e. The third-order valence-corrected chi connectivity index (χ3v) is 4.14. The molecule has 0 radical (unpaired) electrons. The van der Waals surface area contributed by atoms with Gasteiger partial charge in [-0.2, -0.15) is 0 Å². The Morgan fingerprint density at radius 3 is 2.73 bits per heavy atom. The van der Waals surface area contributed by atoms with Crippen LogP contribution in [0.4, 0.5) is 0 Å². The summed E-state index contributed by atoms with van der Waals surface area (Å²) in [6.45, 7) is 2.06. The molecule has 1 saturated carbocycles. The SMILES string of the molecule is Cc1cccnc1C(NC(=O)CCc1ccncc1)C1CC1. The lowest BCUT2D eigenvalue weighted by Crippen LogP contribution is -2.31. The summed E-state index contributed by atoms with van der Waals surface area (Å²) in [5.74, 6) is 0.636. The van der Waals surface area contributed by atoms with Crippen molar-refractivity contribution in [2.24, 2.45) is 5.92 Å². The fraction of sp³-hybridized carbons (Fsp3) is 0.389. The maximum absolute atomic E-state index is 12.3. The van der Waals surface area contributed by atoms with Gasteiger partial charge in [0.25, 0.3) is 0 Å². The van der Waals surface area contributed by atoms with E-state index in [4.69, 9.17) is 0 Å². The van der Waals surface area contributed by atoms with Crippen LogP contribution in [0.5, 0.6) is 0 Å². The molecule has 1 amide bonds. The third kappa shape index (κ3) is 3.70. The van der Waals surface area contributed by atoms with Crippen molar-refractivity contribution >= 4 is 5.91 Å². The van der Waals surface area contributed by atoms with Gasteiger partial charge in [0.2, 0.25) is 5.91 Å². The molecular formula is C18H21N3O. The average Bonchev–Trinajstić information content (AvgIpc) is 3.37. The molecule has 22 heavy (non-hydrogen) atoms. The van der Waals surface area contributed by atoms with E-state index in [-0.39, 0.29) is 11.9 Å². The fourth-order valence-electron chi connectivity index (χ4n) is 2.72. The molecule has 0 aromatic carbocycles. The van der Waals surface area contributed by atoms with Gasteiger partial charge in [-0.1, -0.05) is 6.07 Å². The second kappa shape index (κ2) is 6.69. The summed E-state index contributed by atoms with van der Waals surface area (Å²) in [5, 5.41) is 3.19. The Morgan fingerprint density at radius 2 is 2.05 bits per heavy atom. The van der Waals surface area contributed by atoms with Gasteiger partial charge in [-0.3, -0.25) is 14.8 Å². The van der Waals surface area contributed by atoms with Gasteiger partial charge >= 0.3 is 0 Å². The second-order valence-corrected chi connectivity index (χ2v) is 5.94. The van der Waals surface area contributed by atoms with E-state index in [1.165, 1.54) is 12.8 Å². The predicted octanol–water partition coefficient (Wildman–Crippen LogP) is 2.99. The molecule has 2 aromatic heterocycles. The number of rotatable bonds is 6. The van der Waals surface area contributed by atoms with Crippen molar-refractivity contribution in [3.8, 4) is 0 Å². The lowest BCUT2D eigenvalue weighted by molar-refractivity contribution is -0.122. The Morgan fingerprint density at radius 1 is 1.27 bits per heavy atom. The van der Waals surface area contributed by atoms with E-state index < -0.39 is 0 Å². The van der Waals surface area contributed by atoms with E-state index in [0.29, 0.717) is 12.3 Å². The van der Waals surface area contributed by atoms with Gasteiger partial charge in [-0.15, -0.1) is 0 Å². The minimum absolute atomic E-state index is 0.0612. The number of nitrogens with zero attached hydrogens (tertiary/aromatic N) is 2. The molecule has 2 heterocycles. The van der Waals surface area contributed by atoms with Crippen LogP contribution in [-0.2, 0) is 11.2 Å². The van der Waals surface area contributed by atoms with Crippen LogP contribution in [0.15, 0.2) is 42.9 Å². The van der Waals surface area contributed by atoms with Crippen LogP contribution < -0.4 is 5.32 Å². The van der Waals surface area contributed by atoms with Crippen molar-refractivity contribution in [2.45, 2.75) is 38.6 Å². The first-order valence-electron chi connectivity index (χ1n) is 7.84. The molecular weight excluding hydrogens is 274 g/mol. The maximum Gasteiger partial charge on any atom is 0.220 e. The highest BCUT2D eigenvalue weighted by atomic mass is 16.1. The number of hydrogen-bond acceptors (Lipinski definition) is 3. The van der Waals surface area contributed by atoms with Crippen LogP contribution in [0.1, 0.15) is 42.1 Å². The monoisotopic (exact) mass is 295 g/mol. The summed E-state index contributed by atoms with van der Waals surface area (Å²) >= 11 is 0. The molecule has 1 unspecified atom stereocenters. The highest BCUT2D eigenvalue weighted by Gasteiger charge is 2.34. The summed E-state index contributed by atoms with van der Waals surface area (Å²) in [6.07, 6.45) is 8.92. The number of aromatic nitrogens is 2. The lowest BCUT2D eigenvalue weighted by Gasteiger charge is -2.19. The van der Waals surface area contributed by atoms with Gasteiger partial charge in [0, 0.05) is 25.0 Å². The molecule has 0 saturated heterocycles. The van der Waals surface area contributed by atoms with Crippen LogP contribution in [-0.4, -0.2) is 15.9 Å². The van der Waals surface area contributed by atoms with Gasteiger partial charge in [0.1, 0.15) is 0 Å². The van der Waals surface area contributed by atoms with Gasteiger partial charge in [-0.05, 0) is 61.4 Å². The quantitative estimate of drug-likeness (QED) is 0.891. The van der Waals surface area contributed by atoms with Crippen molar-refractivity contribution in [2.75, 3.05) is 0 Å². The minimum Gasteiger partial charge on any atom is -0.347 e. The molecule has 2 aromatic rings. The summed E-state index contributed by atoms with van der Waals surface area (Å²) in [4.78, 5) is 20.8. The molecule has 1 fully saturated rings. The first kappa shape index (κ1) is 14.7. The standard InChI is InChI=1S/C18H21N3O/c1-13-3-2-10-20-17(13)18(15-5-6-15)21-16(22)7-4-14-8-11-19-12-9-14/h2-3,8-12,15,18H,4-7H2,1H3,(H,21,22). The van der Waals surface area contributed by atoms with E-state index in [0.717, 1.165) is 23.2 Å². The van der Waals surface area contributed by atoms with E-state index in [1.54, 1.807) is 18.6 Å². The number of carbonyl (C=O) groups is 1. The Kier molecular flexibility index (Phi) is 4.47. The fourth-order valence-corrected chi connectivity index (χ4v) is 2.72. The average molecular weight is 295 g/mol. The number of amides is 1. The summed E-state index contributed by atoms with van der Waals surface area (Å²) in [6, 6.07) is 7.96. The molecule has 1 aliphatic carbocycles. The number of carbonyl (C=O) groups excluding carboxylic acids is 1. The normalized spacial score (nSPS) is 15.3. The van der Waals surface area contributed by atoms with Crippen molar-refractivity contribution in [3.63, 3.8) is 0 Å². The summed E-state index contributed by atoms with van der Waals surface area (Å²) < 4.78 is 0. The van der Waals surface area contributed by atoms with E-state index in [2.05, 4.69) is 28.3 Å². The van der Waals surface area contributed by atoms with E-state index in [9.17, 15) is 4.79 Å². The summed E-state index contributed by atoms with van der Waals surface area (Å²) in [7, 11) is 0. The maximum atomic E-state index is 12.3. The number of nitrogens with one attached hydrogen (secondary N) is 1. The molecule has 1 aliphatic rings. The zero-order chi connectivity index (χ0) is 15.4. The zero-order valence-electron chi connectivity index (χ0n) is 12.8. The van der Waals surface area contributed by atoms with Crippen LogP contribution in [0, 0.1) is 12.8 Å². The van der Waals surface area contributed by atoms with E-state index in [1.807, 2.05) is 18.2 Å². The van der Waals surface area contributed by atoms with Gasteiger partial charge < -0.3 is 5.32 Å². The second-order valence-electron chi connectivity index (χ2n) is 5.94. The molecule has 4 heteroatoms. The minimum atomic E-state index is 0.0612. The lowest BCUT2D eigenvalue weighted by atomic mass is 10.0. The molecule has 0 spiro atoms. The van der Waals surface area contributed by atoms with Crippen LogP contribution in [0.3, 0.4) is 0 Å². The first-order valence-corrected chi connectivity index (χ1v) is 7.84. The van der Waals surface area contributed by atoms with Crippen molar-refractivity contribution in [3.05, 3.63) is 59.7 Å². The zero-order valence-corrected chi connectivity index (χ0v) is 12.8.